The Kier molecular flexibility index (Phi) is 5.46. The van der Waals surface area contributed by atoms with Crippen molar-refractivity contribution in [2.75, 3.05) is 44.2 Å². The quantitative estimate of drug-likeness (QED) is 0.699. The van der Waals surface area contributed by atoms with E-state index in [1.54, 1.807) is 24.3 Å². The summed E-state index contributed by atoms with van der Waals surface area (Å²) >= 11 is 0. The molecule has 1 aromatic carbocycles. The lowest BCUT2D eigenvalue weighted by Gasteiger charge is -2.35. The standard InChI is InChI=1S/C21H21F3N4O2/c22-21(23,24)15-6-7-18(25-14-15)27-12-10-26(11-13-27)8-3-9-28-19(29)16-4-1-2-5-17(16)20(28)30/h1-2,4-7,14H,3,8-13H2. The zero-order valence-electron chi connectivity index (χ0n) is 16.2. The highest BCUT2D eigenvalue weighted by Crippen LogP contribution is 2.29. The second-order valence-electron chi connectivity index (χ2n) is 7.39. The fraction of sp³-hybridized carbons (Fsp3) is 0.381. The van der Waals surface area contributed by atoms with Crippen LogP contribution in [0.25, 0.3) is 0 Å². The summed E-state index contributed by atoms with van der Waals surface area (Å²) in [6, 6.07) is 9.29. The van der Waals surface area contributed by atoms with Crippen LogP contribution in [0.4, 0.5) is 19.0 Å². The third-order valence-corrected chi connectivity index (χ3v) is 5.51. The molecule has 158 valence electrons. The van der Waals surface area contributed by atoms with Crippen LogP contribution in [0.3, 0.4) is 0 Å². The first-order valence-electron chi connectivity index (χ1n) is 9.80. The molecule has 6 nitrogen and oxygen atoms in total. The molecule has 0 spiro atoms. The molecule has 0 N–H and O–H groups in total. The number of rotatable bonds is 5. The van der Waals surface area contributed by atoms with E-state index >= 15 is 0 Å². The molecule has 0 radical (unpaired) electrons. The Balaban J connectivity index is 1.24. The number of imide groups is 1. The van der Waals surface area contributed by atoms with E-state index in [0.717, 1.165) is 31.9 Å². The van der Waals surface area contributed by atoms with Crippen molar-refractivity contribution < 1.29 is 22.8 Å². The van der Waals surface area contributed by atoms with Crippen LogP contribution in [0.15, 0.2) is 42.6 Å². The van der Waals surface area contributed by atoms with E-state index in [4.69, 9.17) is 0 Å². The number of piperazine rings is 1. The number of nitrogens with zero attached hydrogens (tertiary/aromatic N) is 4. The van der Waals surface area contributed by atoms with Crippen LogP contribution in [-0.2, 0) is 6.18 Å². The molecule has 2 amide bonds. The van der Waals surface area contributed by atoms with Crippen LogP contribution in [0.2, 0.25) is 0 Å². The van der Waals surface area contributed by atoms with Crippen molar-refractivity contribution in [3.63, 3.8) is 0 Å². The Bertz CT molecular complexity index is 903. The zero-order valence-corrected chi connectivity index (χ0v) is 16.2. The van der Waals surface area contributed by atoms with Gasteiger partial charge in [-0.1, -0.05) is 12.1 Å². The molecule has 3 heterocycles. The molecule has 1 aromatic heterocycles. The van der Waals surface area contributed by atoms with Crippen LogP contribution in [0.5, 0.6) is 0 Å². The summed E-state index contributed by atoms with van der Waals surface area (Å²) in [5.41, 5.74) is 0.165. The molecule has 1 saturated heterocycles. The fourth-order valence-electron chi connectivity index (χ4n) is 3.84. The summed E-state index contributed by atoms with van der Waals surface area (Å²) in [5.74, 6) is 0.0521. The number of pyridine rings is 1. The molecule has 0 aliphatic carbocycles. The van der Waals surface area contributed by atoms with E-state index in [-0.39, 0.29) is 11.8 Å². The Labute approximate surface area is 171 Å². The van der Waals surface area contributed by atoms with Gasteiger partial charge in [-0.2, -0.15) is 13.2 Å². The number of carbonyl (C=O) groups excluding carboxylic acids is 2. The van der Waals surface area contributed by atoms with Crippen molar-refractivity contribution in [2.24, 2.45) is 0 Å². The minimum absolute atomic E-state index is 0.242. The molecule has 30 heavy (non-hydrogen) atoms. The molecular weight excluding hydrogens is 397 g/mol. The number of carbonyl (C=O) groups is 2. The van der Waals surface area contributed by atoms with Gasteiger partial charge in [0, 0.05) is 38.9 Å². The van der Waals surface area contributed by atoms with Crippen molar-refractivity contribution in [3.8, 4) is 0 Å². The lowest BCUT2D eigenvalue weighted by Crippen LogP contribution is -2.47. The van der Waals surface area contributed by atoms with Crippen LogP contribution in [0, 0.1) is 0 Å². The molecule has 9 heteroatoms. The smallest absolute Gasteiger partial charge is 0.354 e. The average molecular weight is 418 g/mol. The minimum atomic E-state index is -4.39. The van der Waals surface area contributed by atoms with Gasteiger partial charge in [0.2, 0.25) is 0 Å². The van der Waals surface area contributed by atoms with Crippen LogP contribution in [0.1, 0.15) is 32.7 Å². The van der Waals surface area contributed by atoms with E-state index in [1.807, 2.05) is 4.90 Å². The van der Waals surface area contributed by atoms with Crippen molar-refractivity contribution in [2.45, 2.75) is 12.6 Å². The van der Waals surface area contributed by atoms with Gasteiger partial charge >= 0.3 is 6.18 Å². The summed E-state index contributed by atoms with van der Waals surface area (Å²) < 4.78 is 38.0. The van der Waals surface area contributed by atoms with Crippen molar-refractivity contribution in [1.29, 1.82) is 0 Å². The Morgan fingerprint density at radius 1 is 0.867 bits per heavy atom. The number of benzene rings is 1. The van der Waals surface area contributed by atoms with E-state index < -0.39 is 11.7 Å². The van der Waals surface area contributed by atoms with Gasteiger partial charge in [-0.25, -0.2) is 4.98 Å². The molecule has 4 rings (SSSR count). The summed E-state index contributed by atoms with van der Waals surface area (Å²) in [4.78, 5) is 34.2. The van der Waals surface area contributed by atoms with E-state index in [2.05, 4.69) is 9.88 Å². The monoisotopic (exact) mass is 418 g/mol. The van der Waals surface area contributed by atoms with Gasteiger partial charge in [0.25, 0.3) is 11.8 Å². The average Bonchev–Trinajstić information content (AvgIpc) is 2.99. The fourth-order valence-corrected chi connectivity index (χ4v) is 3.84. The molecule has 2 aromatic rings. The summed E-state index contributed by atoms with van der Waals surface area (Å²) in [6.07, 6.45) is -2.85. The van der Waals surface area contributed by atoms with Crippen molar-refractivity contribution >= 4 is 17.6 Å². The van der Waals surface area contributed by atoms with Gasteiger partial charge in [0.1, 0.15) is 5.82 Å². The number of aromatic nitrogens is 1. The topological polar surface area (TPSA) is 56.8 Å². The van der Waals surface area contributed by atoms with Gasteiger partial charge < -0.3 is 4.90 Å². The Hall–Kier alpha value is -2.94. The largest absolute Gasteiger partial charge is 0.417 e. The highest BCUT2D eigenvalue weighted by atomic mass is 19.4. The second kappa shape index (κ2) is 8.06. The first-order valence-corrected chi connectivity index (χ1v) is 9.80. The van der Waals surface area contributed by atoms with Gasteiger partial charge in [-0.3, -0.25) is 19.4 Å². The normalized spacial score (nSPS) is 17.6. The maximum Gasteiger partial charge on any atom is 0.417 e. The van der Waals surface area contributed by atoms with E-state index in [0.29, 0.717) is 43.0 Å². The Morgan fingerprint density at radius 2 is 1.50 bits per heavy atom. The minimum Gasteiger partial charge on any atom is -0.354 e. The van der Waals surface area contributed by atoms with Gasteiger partial charge in [-0.05, 0) is 37.2 Å². The molecule has 0 bridgehead atoms. The first kappa shape index (κ1) is 20.3. The number of hydrogen-bond donors (Lipinski definition) is 0. The van der Waals surface area contributed by atoms with Crippen molar-refractivity contribution in [1.82, 2.24) is 14.8 Å². The predicted octanol–water partition coefficient (Wildman–Crippen LogP) is 2.91. The SMILES string of the molecule is O=C1c2ccccc2C(=O)N1CCCN1CCN(c2ccc(C(F)(F)F)cn2)CC1. The van der Waals surface area contributed by atoms with Gasteiger partial charge in [-0.15, -0.1) is 0 Å². The molecular formula is C21H21F3N4O2. The Morgan fingerprint density at radius 3 is 2.03 bits per heavy atom. The molecule has 1 fully saturated rings. The van der Waals surface area contributed by atoms with E-state index in [1.165, 1.54) is 11.0 Å². The predicted molar refractivity (Wildman–Crippen MR) is 104 cm³/mol. The second-order valence-corrected chi connectivity index (χ2v) is 7.39. The highest BCUT2D eigenvalue weighted by Gasteiger charge is 2.34. The molecule has 0 atom stereocenters. The van der Waals surface area contributed by atoms with Gasteiger partial charge in [0.15, 0.2) is 0 Å². The lowest BCUT2D eigenvalue weighted by atomic mass is 10.1. The molecule has 2 aliphatic heterocycles. The maximum absolute atomic E-state index is 12.7. The number of amides is 2. The third-order valence-electron chi connectivity index (χ3n) is 5.51. The summed E-state index contributed by atoms with van der Waals surface area (Å²) in [7, 11) is 0. The number of halogens is 3. The van der Waals surface area contributed by atoms with Crippen LogP contribution in [-0.4, -0.2) is 65.9 Å². The molecule has 0 saturated carbocycles. The van der Waals surface area contributed by atoms with Crippen molar-refractivity contribution in [3.05, 3.63) is 59.3 Å². The number of fused-ring (bicyclic) bond motifs is 1. The summed E-state index contributed by atoms with van der Waals surface area (Å²) in [5, 5.41) is 0. The molecule has 2 aliphatic rings. The zero-order chi connectivity index (χ0) is 21.3. The van der Waals surface area contributed by atoms with Gasteiger partial charge in [0.05, 0.1) is 16.7 Å². The maximum atomic E-state index is 12.7. The lowest BCUT2D eigenvalue weighted by molar-refractivity contribution is -0.137. The molecule has 0 unspecified atom stereocenters. The third kappa shape index (κ3) is 4.02. The van der Waals surface area contributed by atoms with Crippen LogP contribution >= 0.6 is 0 Å². The number of hydrogen-bond acceptors (Lipinski definition) is 5. The highest BCUT2D eigenvalue weighted by molar-refractivity contribution is 6.21. The first-order chi connectivity index (χ1) is 14.3. The number of alkyl halides is 3. The summed E-state index contributed by atoms with van der Waals surface area (Å²) in [6.45, 7) is 3.90. The number of anilines is 1. The van der Waals surface area contributed by atoms with E-state index in [9.17, 15) is 22.8 Å². The van der Waals surface area contributed by atoms with Crippen LogP contribution < -0.4 is 4.90 Å².